The number of rotatable bonds is 10. The molecule has 1 fully saturated rings. The number of aryl methyl sites for hydroxylation is 1. The zero-order valence-corrected chi connectivity index (χ0v) is 26.0. The Labute approximate surface area is 248 Å². The van der Waals surface area contributed by atoms with Crippen molar-refractivity contribution in [2.45, 2.75) is 76.5 Å². The van der Waals surface area contributed by atoms with Crippen molar-refractivity contribution in [3.05, 3.63) is 59.7 Å². The normalized spacial score (nSPS) is 16.0. The summed E-state index contributed by atoms with van der Waals surface area (Å²) in [4.78, 5) is 36.3. The van der Waals surface area contributed by atoms with E-state index in [0.717, 1.165) is 24.0 Å². The molecule has 1 aliphatic heterocycles. The maximum Gasteiger partial charge on any atom is 0.415 e. The van der Waals surface area contributed by atoms with Crippen molar-refractivity contribution in [2.24, 2.45) is 0 Å². The van der Waals surface area contributed by atoms with Gasteiger partial charge in [-0.15, -0.1) is 0 Å². The summed E-state index contributed by atoms with van der Waals surface area (Å²) in [6.45, 7) is 9.84. The molecule has 1 heterocycles. The van der Waals surface area contributed by atoms with Gasteiger partial charge in [0.15, 0.2) is 0 Å². The summed E-state index contributed by atoms with van der Waals surface area (Å²) in [7, 11) is -1.75. The molecule has 2 amide bonds. The van der Waals surface area contributed by atoms with E-state index in [-0.39, 0.29) is 25.6 Å². The Kier molecular flexibility index (Phi) is 12.9. The Hall–Kier alpha value is -3.48. The molecule has 1 unspecified atom stereocenters. The molecule has 11 nitrogen and oxygen atoms in total. The van der Waals surface area contributed by atoms with E-state index in [1.54, 1.807) is 61.5 Å². The van der Waals surface area contributed by atoms with Gasteiger partial charge in [0.25, 0.3) is 0 Å². The van der Waals surface area contributed by atoms with Crippen LogP contribution in [0.5, 0.6) is 5.75 Å². The van der Waals surface area contributed by atoms with Crippen LogP contribution in [0.4, 0.5) is 4.79 Å². The third kappa shape index (κ3) is 10.7. The van der Waals surface area contributed by atoms with Crippen LogP contribution < -0.4 is 10.1 Å². The molecular formula is C30H43N3O8S. The number of likely N-dealkylation sites (N-methyl/N-ethyl adjacent to an activating group) is 1. The average Bonchev–Trinajstić information content (AvgIpc) is 3.36. The molecule has 1 aliphatic rings. The minimum absolute atomic E-state index is 0.131. The fourth-order valence-corrected chi connectivity index (χ4v) is 5.82. The van der Waals surface area contributed by atoms with Gasteiger partial charge < -0.3 is 24.8 Å². The second-order valence-electron chi connectivity index (χ2n) is 11.2. The van der Waals surface area contributed by atoms with Crippen LogP contribution in [0, 0.1) is 6.92 Å². The van der Waals surface area contributed by atoms with Crippen molar-refractivity contribution in [3.63, 3.8) is 0 Å². The SMILES string of the molecule is CN(CCO)C(=O)Oc1ccc(CC(NC=O)C(=O)OC(C)(C)C)cc1.Cc1ccc(S(=O)(=O)N2CCC[C@@H]2C)cc1. The summed E-state index contributed by atoms with van der Waals surface area (Å²) in [6.07, 6.45) is 2.05. The smallest absolute Gasteiger partial charge is 0.415 e. The van der Waals surface area contributed by atoms with Crippen LogP contribution in [-0.2, 0) is 30.8 Å². The molecule has 0 bridgehead atoms. The fraction of sp³-hybridized carbons (Fsp3) is 0.500. The number of nitrogens with zero attached hydrogens (tertiary/aromatic N) is 2. The van der Waals surface area contributed by atoms with E-state index < -0.39 is 33.7 Å². The van der Waals surface area contributed by atoms with Crippen molar-refractivity contribution >= 4 is 28.5 Å². The molecule has 0 radical (unpaired) electrons. The molecule has 2 N–H and O–H groups in total. The zero-order valence-electron chi connectivity index (χ0n) is 25.2. The van der Waals surface area contributed by atoms with E-state index in [9.17, 15) is 22.8 Å². The van der Waals surface area contributed by atoms with Gasteiger partial charge in [-0.2, -0.15) is 4.31 Å². The number of carbonyl (C=O) groups excluding carboxylic acids is 3. The lowest BCUT2D eigenvalue weighted by Crippen LogP contribution is -2.42. The van der Waals surface area contributed by atoms with Crippen molar-refractivity contribution < 1.29 is 37.4 Å². The minimum atomic E-state index is -3.27. The number of esters is 1. The highest BCUT2D eigenvalue weighted by Gasteiger charge is 2.32. The van der Waals surface area contributed by atoms with Crippen LogP contribution in [-0.4, -0.2) is 85.6 Å². The number of aliphatic hydroxyl groups is 1. The summed E-state index contributed by atoms with van der Waals surface area (Å²) in [5, 5.41) is 11.3. The van der Waals surface area contributed by atoms with Crippen LogP contribution in [0.3, 0.4) is 0 Å². The molecule has 2 atom stereocenters. The number of amides is 2. The summed E-state index contributed by atoms with van der Waals surface area (Å²) >= 11 is 0. The number of hydrogen-bond donors (Lipinski definition) is 2. The standard InChI is InChI=1S/C18H26N2O6.C12H17NO2S/c1-18(2,3)26-16(23)15(19-12-22)11-13-5-7-14(8-6-13)25-17(24)20(4)9-10-21;1-10-5-7-12(8-6-10)16(14,15)13-9-3-4-11(13)2/h5-8,12,15,21H,9-11H2,1-4H3,(H,19,22);5-8,11H,3-4,9H2,1-2H3/t;11-/m.0/s1. The average molecular weight is 606 g/mol. The monoisotopic (exact) mass is 605 g/mol. The molecule has 42 heavy (non-hydrogen) atoms. The third-order valence-electron chi connectivity index (χ3n) is 6.40. The molecule has 0 saturated carbocycles. The van der Waals surface area contributed by atoms with Gasteiger partial charge >= 0.3 is 12.1 Å². The van der Waals surface area contributed by atoms with E-state index in [1.807, 2.05) is 26.0 Å². The van der Waals surface area contributed by atoms with E-state index >= 15 is 0 Å². The maximum atomic E-state index is 12.3. The van der Waals surface area contributed by atoms with Gasteiger partial charge in [0.05, 0.1) is 11.5 Å². The zero-order chi connectivity index (χ0) is 31.5. The van der Waals surface area contributed by atoms with Crippen molar-refractivity contribution in [2.75, 3.05) is 26.7 Å². The lowest BCUT2D eigenvalue weighted by atomic mass is 10.1. The van der Waals surface area contributed by atoms with Crippen molar-refractivity contribution in [1.82, 2.24) is 14.5 Å². The van der Waals surface area contributed by atoms with Crippen molar-refractivity contribution in [1.29, 1.82) is 0 Å². The number of nitrogens with one attached hydrogen (secondary N) is 1. The number of carbonyl (C=O) groups is 3. The molecule has 1 saturated heterocycles. The predicted octanol–water partition coefficient (Wildman–Crippen LogP) is 3.28. The molecule has 0 aromatic heterocycles. The van der Waals surface area contributed by atoms with Gasteiger partial charge in [0.1, 0.15) is 17.4 Å². The van der Waals surface area contributed by atoms with E-state index in [1.165, 1.54) is 11.9 Å². The first-order valence-electron chi connectivity index (χ1n) is 13.8. The highest BCUT2D eigenvalue weighted by Crippen LogP contribution is 2.25. The Bertz CT molecular complexity index is 1280. The van der Waals surface area contributed by atoms with Gasteiger partial charge in [-0.3, -0.25) is 4.79 Å². The van der Waals surface area contributed by atoms with Crippen LogP contribution >= 0.6 is 0 Å². The second kappa shape index (κ2) is 15.7. The lowest BCUT2D eigenvalue weighted by Gasteiger charge is -2.23. The second-order valence-corrected chi connectivity index (χ2v) is 13.0. The Morgan fingerprint density at radius 3 is 2.26 bits per heavy atom. The molecule has 0 aliphatic carbocycles. The molecular weight excluding hydrogens is 562 g/mol. The van der Waals surface area contributed by atoms with Crippen molar-refractivity contribution in [3.8, 4) is 5.75 Å². The molecule has 3 rings (SSSR count). The fourth-order valence-electron chi connectivity index (χ4n) is 4.12. The Morgan fingerprint density at radius 2 is 1.76 bits per heavy atom. The largest absolute Gasteiger partial charge is 0.458 e. The van der Waals surface area contributed by atoms with Gasteiger partial charge in [-0.05, 0) is 77.3 Å². The van der Waals surface area contributed by atoms with Crippen LogP contribution in [0.15, 0.2) is 53.4 Å². The summed E-state index contributed by atoms with van der Waals surface area (Å²) in [5.74, 6) is -0.188. The number of aliphatic hydroxyl groups excluding tert-OH is 1. The molecule has 12 heteroatoms. The number of hydrogen-bond acceptors (Lipinski definition) is 8. The third-order valence-corrected chi connectivity index (χ3v) is 8.42. The summed E-state index contributed by atoms with van der Waals surface area (Å²) < 4.78 is 36.6. The number of ether oxygens (including phenoxy) is 2. The molecule has 0 spiro atoms. The highest BCUT2D eigenvalue weighted by molar-refractivity contribution is 7.89. The highest BCUT2D eigenvalue weighted by atomic mass is 32.2. The van der Waals surface area contributed by atoms with Gasteiger partial charge in [-0.1, -0.05) is 29.8 Å². The van der Waals surface area contributed by atoms with E-state index in [0.29, 0.717) is 23.6 Å². The molecule has 232 valence electrons. The quantitative estimate of drug-likeness (QED) is 0.310. The number of sulfonamides is 1. The van der Waals surface area contributed by atoms with Gasteiger partial charge in [0, 0.05) is 32.6 Å². The van der Waals surface area contributed by atoms with Gasteiger partial charge in [0.2, 0.25) is 16.4 Å². The minimum Gasteiger partial charge on any atom is -0.458 e. The number of benzene rings is 2. The Morgan fingerprint density at radius 1 is 1.14 bits per heavy atom. The van der Waals surface area contributed by atoms with E-state index in [2.05, 4.69) is 5.32 Å². The maximum absolute atomic E-state index is 12.3. The topological polar surface area (TPSA) is 143 Å². The molecule has 2 aromatic rings. The van der Waals surface area contributed by atoms with E-state index in [4.69, 9.17) is 14.6 Å². The Balaban J connectivity index is 0.000000327. The first-order chi connectivity index (χ1) is 19.7. The first-order valence-corrected chi connectivity index (χ1v) is 15.3. The summed E-state index contributed by atoms with van der Waals surface area (Å²) in [5.41, 5.74) is 1.19. The summed E-state index contributed by atoms with van der Waals surface area (Å²) in [6, 6.07) is 13.0. The van der Waals surface area contributed by atoms with Crippen LogP contribution in [0.25, 0.3) is 0 Å². The van der Waals surface area contributed by atoms with Gasteiger partial charge in [-0.25, -0.2) is 18.0 Å². The first kappa shape index (κ1) is 34.7. The molecule has 2 aromatic carbocycles. The van der Waals surface area contributed by atoms with Crippen LogP contribution in [0.1, 0.15) is 51.7 Å². The van der Waals surface area contributed by atoms with Crippen LogP contribution in [0.2, 0.25) is 0 Å². The lowest BCUT2D eigenvalue weighted by molar-refractivity contribution is -0.158. The predicted molar refractivity (Wildman–Crippen MR) is 158 cm³/mol.